The van der Waals surface area contributed by atoms with Gasteiger partial charge in [-0.05, 0) is 31.4 Å². The molecule has 25 heavy (non-hydrogen) atoms. The summed E-state index contributed by atoms with van der Waals surface area (Å²) in [5, 5.41) is 5.22. The lowest BCUT2D eigenvalue weighted by Gasteiger charge is -2.31. The van der Waals surface area contributed by atoms with Gasteiger partial charge in [-0.3, -0.25) is 0 Å². The predicted octanol–water partition coefficient (Wildman–Crippen LogP) is 3.83. The lowest BCUT2D eigenvalue weighted by Crippen LogP contribution is -2.33. The lowest BCUT2D eigenvalue weighted by atomic mass is 9.96. The van der Waals surface area contributed by atoms with E-state index in [1.807, 2.05) is 0 Å². The largest absolute Gasteiger partial charge is 0.356 e. The maximum atomic E-state index is 5.49. The third-order valence-electron chi connectivity index (χ3n) is 4.96. The van der Waals surface area contributed by atoms with E-state index in [1.54, 1.807) is 6.33 Å². The van der Waals surface area contributed by atoms with Gasteiger partial charge in [-0.15, -0.1) is 0 Å². The first-order valence-corrected chi connectivity index (χ1v) is 8.92. The SMILES string of the molecule is Cc1cccc2c(N3CCC(c4nc(C(C)C)no4)CC3)ncnc12. The molecule has 3 aromatic rings. The van der Waals surface area contributed by atoms with Crippen molar-refractivity contribution in [3.05, 3.63) is 41.8 Å². The van der Waals surface area contributed by atoms with Crippen LogP contribution in [0.3, 0.4) is 0 Å². The maximum absolute atomic E-state index is 5.49. The average molecular weight is 337 g/mol. The molecule has 130 valence electrons. The molecule has 0 unspecified atom stereocenters. The van der Waals surface area contributed by atoms with E-state index in [2.05, 4.69) is 64.0 Å². The fourth-order valence-electron chi connectivity index (χ4n) is 3.46. The van der Waals surface area contributed by atoms with Gasteiger partial charge in [0.15, 0.2) is 5.82 Å². The van der Waals surface area contributed by atoms with E-state index >= 15 is 0 Å². The van der Waals surface area contributed by atoms with Crippen LogP contribution < -0.4 is 4.90 Å². The van der Waals surface area contributed by atoms with Crippen molar-refractivity contribution in [1.82, 2.24) is 20.1 Å². The van der Waals surface area contributed by atoms with E-state index < -0.39 is 0 Å². The molecule has 0 aliphatic carbocycles. The molecule has 3 heterocycles. The Labute approximate surface area is 147 Å². The summed E-state index contributed by atoms with van der Waals surface area (Å²) >= 11 is 0. The number of anilines is 1. The minimum absolute atomic E-state index is 0.299. The molecule has 0 amide bonds. The average Bonchev–Trinajstić information content (AvgIpc) is 3.12. The van der Waals surface area contributed by atoms with Crippen LogP contribution in [0.1, 0.15) is 55.8 Å². The van der Waals surface area contributed by atoms with Crippen LogP contribution in [0.15, 0.2) is 29.0 Å². The highest BCUT2D eigenvalue weighted by Gasteiger charge is 2.27. The van der Waals surface area contributed by atoms with Gasteiger partial charge in [-0.1, -0.05) is 31.1 Å². The predicted molar refractivity (Wildman–Crippen MR) is 96.9 cm³/mol. The number of aryl methyl sites for hydroxylation is 1. The first-order valence-electron chi connectivity index (χ1n) is 8.92. The number of hydrogen-bond donors (Lipinski definition) is 0. The molecule has 0 saturated carbocycles. The summed E-state index contributed by atoms with van der Waals surface area (Å²) in [6.07, 6.45) is 3.66. The van der Waals surface area contributed by atoms with E-state index in [4.69, 9.17) is 4.52 Å². The number of rotatable bonds is 3. The molecule has 1 saturated heterocycles. The summed E-state index contributed by atoms with van der Waals surface area (Å²) in [5.41, 5.74) is 2.22. The van der Waals surface area contributed by atoms with Crippen LogP contribution in [0.5, 0.6) is 0 Å². The van der Waals surface area contributed by atoms with E-state index in [-0.39, 0.29) is 0 Å². The van der Waals surface area contributed by atoms with Crippen LogP contribution in [0, 0.1) is 6.92 Å². The van der Waals surface area contributed by atoms with Gasteiger partial charge in [0, 0.05) is 30.3 Å². The van der Waals surface area contributed by atoms with Gasteiger partial charge in [0.1, 0.15) is 12.1 Å². The molecular formula is C19H23N5O. The zero-order valence-corrected chi connectivity index (χ0v) is 14.9. The number of hydrogen-bond acceptors (Lipinski definition) is 6. The van der Waals surface area contributed by atoms with E-state index in [0.717, 1.165) is 54.4 Å². The van der Waals surface area contributed by atoms with Crippen molar-refractivity contribution in [3.63, 3.8) is 0 Å². The van der Waals surface area contributed by atoms with Crippen molar-refractivity contribution in [2.24, 2.45) is 0 Å². The van der Waals surface area contributed by atoms with Crippen molar-refractivity contribution in [3.8, 4) is 0 Å². The number of fused-ring (bicyclic) bond motifs is 1. The zero-order valence-electron chi connectivity index (χ0n) is 14.9. The molecule has 0 N–H and O–H groups in total. The lowest BCUT2D eigenvalue weighted by molar-refractivity contribution is 0.326. The van der Waals surface area contributed by atoms with Crippen LogP contribution in [0.25, 0.3) is 10.9 Å². The molecule has 6 nitrogen and oxygen atoms in total. The van der Waals surface area contributed by atoms with Gasteiger partial charge in [0.05, 0.1) is 5.52 Å². The topological polar surface area (TPSA) is 67.9 Å². The highest BCUT2D eigenvalue weighted by Crippen LogP contribution is 2.32. The van der Waals surface area contributed by atoms with Crippen LogP contribution in [-0.2, 0) is 0 Å². The molecular weight excluding hydrogens is 314 g/mol. The Morgan fingerprint density at radius 1 is 1.16 bits per heavy atom. The Balaban J connectivity index is 1.53. The summed E-state index contributed by atoms with van der Waals surface area (Å²) in [4.78, 5) is 15.9. The van der Waals surface area contributed by atoms with Crippen LogP contribution in [-0.4, -0.2) is 33.2 Å². The fourth-order valence-corrected chi connectivity index (χ4v) is 3.46. The van der Waals surface area contributed by atoms with Crippen molar-refractivity contribution < 1.29 is 4.52 Å². The van der Waals surface area contributed by atoms with Crippen molar-refractivity contribution >= 4 is 16.7 Å². The third-order valence-corrected chi connectivity index (χ3v) is 4.96. The van der Waals surface area contributed by atoms with Crippen LogP contribution in [0.2, 0.25) is 0 Å². The zero-order chi connectivity index (χ0) is 17.4. The standard InChI is InChI=1S/C19H23N5O/c1-12(2)17-22-19(25-23-17)14-7-9-24(10-8-14)18-15-6-4-5-13(3)16(15)20-11-21-18/h4-6,11-12,14H,7-10H2,1-3H3. The van der Waals surface area contributed by atoms with Gasteiger partial charge >= 0.3 is 0 Å². The molecule has 4 rings (SSSR count). The summed E-state index contributed by atoms with van der Waals surface area (Å²) in [5.74, 6) is 3.25. The quantitative estimate of drug-likeness (QED) is 0.723. The number of piperidine rings is 1. The second kappa shape index (κ2) is 6.43. The maximum Gasteiger partial charge on any atom is 0.229 e. The molecule has 0 radical (unpaired) electrons. The molecule has 2 aromatic heterocycles. The van der Waals surface area contributed by atoms with E-state index in [1.165, 1.54) is 5.56 Å². The molecule has 1 aromatic carbocycles. The van der Waals surface area contributed by atoms with Crippen LogP contribution >= 0.6 is 0 Å². The Kier molecular flexibility index (Phi) is 4.11. The molecule has 1 aliphatic heterocycles. The van der Waals surface area contributed by atoms with Crippen LogP contribution in [0.4, 0.5) is 5.82 Å². The second-order valence-electron chi connectivity index (χ2n) is 7.08. The smallest absolute Gasteiger partial charge is 0.229 e. The van der Waals surface area contributed by atoms with Crippen molar-refractivity contribution in [2.45, 2.75) is 45.4 Å². The Hall–Kier alpha value is -2.50. The fraction of sp³-hybridized carbons (Fsp3) is 0.474. The minimum atomic E-state index is 0.299. The molecule has 0 spiro atoms. The number of nitrogens with zero attached hydrogens (tertiary/aromatic N) is 5. The first kappa shape index (κ1) is 16.0. The number of para-hydroxylation sites is 1. The van der Waals surface area contributed by atoms with Gasteiger partial charge in [0.25, 0.3) is 0 Å². The van der Waals surface area contributed by atoms with Gasteiger partial charge in [-0.2, -0.15) is 4.98 Å². The Bertz CT molecular complexity index is 880. The summed E-state index contributed by atoms with van der Waals surface area (Å²) in [7, 11) is 0. The molecule has 1 aliphatic rings. The van der Waals surface area contributed by atoms with E-state index in [9.17, 15) is 0 Å². The Morgan fingerprint density at radius 3 is 2.68 bits per heavy atom. The highest BCUT2D eigenvalue weighted by atomic mass is 16.5. The van der Waals surface area contributed by atoms with Gasteiger partial charge < -0.3 is 9.42 Å². The van der Waals surface area contributed by atoms with E-state index in [0.29, 0.717) is 11.8 Å². The number of benzene rings is 1. The highest BCUT2D eigenvalue weighted by molar-refractivity contribution is 5.91. The van der Waals surface area contributed by atoms with Gasteiger partial charge in [-0.25, -0.2) is 9.97 Å². The van der Waals surface area contributed by atoms with Crippen molar-refractivity contribution in [1.29, 1.82) is 0 Å². The molecule has 0 atom stereocenters. The molecule has 6 heteroatoms. The third kappa shape index (κ3) is 2.97. The summed E-state index contributed by atoms with van der Waals surface area (Å²) in [6.45, 7) is 8.13. The summed E-state index contributed by atoms with van der Waals surface area (Å²) < 4.78 is 5.49. The number of aromatic nitrogens is 4. The first-order chi connectivity index (χ1) is 12.1. The van der Waals surface area contributed by atoms with Gasteiger partial charge in [0.2, 0.25) is 5.89 Å². The Morgan fingerprint density at radius 2 is 1.96 bits per heavy atom. The minimum Gasteiger partial charge on any atom is -0.356 e. The monoisotopic (exact) mass is 337 g/mol. The molecule has 0 bridgehead atoms. The molecule has 1 fully saturated rings. The second-order valence-corrected chi connectivity index (χ2v) is 7.08. The van der Waals surface area contributed by atoms with Crippen molar-refractivity contribution in [2.75, 3.05) is 18.0 Å². The summed E-state index contributed by atoms with van der Waals surface area (Å²) in [6, 6.07) is 6.27. The normalized spacial score (nSPS) is 16.1.